The van der Waals surface area contributed by atoms with E-state index in [0.717, 1.165) is 38.3 Å². The van der Waals surface area contributed by atoms with Gasteiger partial charge in [0, 0.05) is 63.4 Å². The number of nitrogens with zero attached hydrogens (tertiary/aromatic N) is 5. The van der Waals surface area contributed by atoms with Crippen LogP contribution in [0.2, 0.25) is 0 Å². The number of carbonyl (C=O) groups excluding carboxylic acids is 1. The summed E-state index contributed by atoms with van der Waals surface area (Å²) >= 11 is 0. The van der Waals surface area contributed by atoms with Crippen LogP contribution >= 0.6 is 0 Å². The fraction of sp³-hybridized carbons (Fsp3) is 0.526. The summed E-state index contributed by atoms with van der Waals surface area (Å²) in [5.74, 6) is 1.74. The van der Waals surface area contributed by atoms with E-state index in [1.54, 1.807) is 12.4 Å². The Morgan fingerprint density at radius 1 is 1.24 bits per heavy atom. The molecule has 0 spiro atoms. The number of aromatic nitrogens is 3. The fourth-order valence-electron chi connectivity index (χ4n) is 4.16. The zero-order chi connectivity index (χ0) is 17.2. The van der Waals surface area contributed by atoms with E-state index in [-0.39, 0.29) is 5.91 Å². The third kappa shape index (κ3) is 3.38. The summed E-state index contributed by atoms with van der Waals surface area (Å²) in [6.45, 7) is 2.72. The predicted molar refractivity (Wildman–Crippen MR) is 96.2 cm³/mol. The lowest BCUT2D eigenvalue weighted by Gasteiger charge is -2.36. The van der Waals surface area contributed by atoms with E-state index >= 15 is 0 Å². The van der Waals surface area contributed by atoms with Gasteiger partial charge >= 0.3 is 0 Å². The molecular formula is C19H25N5O. The first kappa shape index (κ1) is 16.1. The highest BCUT2D eigenvalue weighted by atomic mass is 16.2. The van der Waals surface area contributed by atoms with Crippen LogP contribution in [0.1, 0.15) is 25.0 Å². The van der Waals surface area contributed by atoms with E-state index in [1.165, 1.54) is 12.1 Å². The predicted octanol–water partition coefficient (Wildman–Crippen LogP) is 1.88. The van der Waals surface area contributed by atoms with Gasteiger partial charge in [-0.1, -0.05) is 0 Å². The minimum absolute atomic E-state index is 0.289. The Hall–Kier alpha value is -2.37. The van der Waals surface area contributed by atoms with Gasteiger partial charge in [0.1, 0.15) is 5.82 Å². The van der Waals surface area contributed by atoms with E-state index in [2.05, 4.69) is 30.4 Å². The molecule has 0 unspecified atom stereocenters. The van der Waals surface area contributed by atoms with Gasteiger partial charge in [-0.2, -0.15) is 0 Å². The first-order chi connectivity index (χ1) is 12.2. The van der Waals surface area contributed by atoms with Crippen molar-refractivity contribution in [3.63, 3.8) is 0 Å². The van der Waals surface area contributed by atoms with Crippen molar-refractivity contribution >= 4 is 11.7 Å². The highest BCUT2D eigenvalue weighted by molar-refractivity contribution is 5.77. The van der Waals surface area contributed by atoms with Crippen LogP contribution in [-0.4, -0.2) is 51.0 Å². The Kier molecular flexibility index (Phi) is 4.42. The molecule has 0 N–H and O–H groups in total. The molecule has 6 heteroatoms. The fourth-order valence-corrected chi connectivity index (χ4v) is 4.16. The topological polar surface area (TPSA) is 54.3 Å². The Balaban J connectivity index is 1.43. The van der Waals surface area contributed by atoms with E-state index in [9.17, 15) is 4.79 Å². The van der Waals surface area contributed by atoms with Crippen molar-refractivity contribution in [3.8, 4) is 0 Å². The molecule has 3 saturated heterocycles. The Labute approximate surface area is 148 Å². The van der Waals surface area contributed by atoms with Crippen molar-refractivity contribution in [2.75, 3.05) is 24.5 Å². The summed E-state index contributed by atoms with van der Waals surface area (Å²) in [6.07, 6.45) is 11.0. The second-order valence-corrected chi connectivity index (χ2v) is 7.22. The van der Waals surface area contributed by atoms with Crippen molar-refractivity contribution in [1.29, 1.82) is 0 Å². The number of amides is 1. The zero-order valence-corrected chi connectivity index (χ0v) is 14.7. The summed E-state index contributed by atoms with van der Waals surface area (Å²) in [6, 6.07) is 4.42. The van der Waals surface area contributed by atoms with Crippen LogP contribution in [0.4, 0.5) is 5.82 Å². The van der Waals surface area contributed by atoms with E-state index in [4.69, 9.17) is 0 Å². The van der Waals surface area contributed by atoms with Crippen molar-refractivity contribution < 1.29 is 4.79 Å². The molecule has 2 aromatic heterocycles. The van der Waals surface area contributed by atoms with E-state index in [0.29, 0.717) is 18.4 Å². The molecule has 2 aromatic rings. The standard InChI is InChI=1S/C19H25N5O/c1-22-10-2-3-16(22)6-7-19(25)24-13-15-4-5-17(24)14-23(12-15)18-11-20-8-9-21-18/h2-3,8-11,15,17H,4-7,12-14H2,1H3/t15-,17+/m0/s1. The highest BCUT2D eigenvalue weighted by Gasteiger charge is 2.37. The second kappa shape index (κ2) is 6.86. The first-order valence-electron chi connectivity index (χ1n) is 9.11. The van der Waals surface area contributed by atoms with Crippen LogP contribution < -0.4 is 4.90 Å². The number of carbonyl (C=O) groups is 1. The minimum atomic E-state index is 0.289. The van der Waals surface area contributed by atoms with Crippen LogP contribution in [0, 0.1) is 5.92 Å². The van der Waals surface area contributed by atoms with Crippen LogP contribution in [0.5, 0.6) is 0 Å². The maximum Gasteiger partial charge on any atom is 0.223 e. The molecule has 3 fully saturated rings. The average molecular weight is 339 g/mol. The summed E-state index contributed by atoms with van der Waals surface area (Å²) in [5, 5.41) is 0. The molecule has 0 saturated carbocycles. The van der Waals surface area contributed by atoms with Crippen LogP contribution in [0.3, 0.4) is 0 Å². The van der Waals surface area contributed by atoms with Gasteiger partial charge < -0.3 is 14.4 Å². The molecule has 2 bridgehead atoms. The van der Waals surface area contributed by atoms with Gasteiger partial charge in [-0.25, -0.2) is 4.98 Å². The molecule has 6 nitrogen and oxygen atoms in total. The second-order valence-electron chi connectivity index (χ2n) is 7.22. The smallest absolute Gasteiger partial charge is 0.223 e. The lowest BCUT2D eigenvalue weighted by Crippen LogP contribution is -2.47. The van der Waals surface area contributed by atoms with Gasteiger partial charge in [0.2, 0.25) is 5.91 Å². The molecule has 2 atom stereocenters. The van der Waals surface area contributed by atoms with Gasteiger partial charge in [0.25, 0.3) is 0 Å². The van der Waals surface area contributed by atoms with Crippen molar-refractivity contribution in [2.45, 2.75) is 31.7 Å². The quantitative estimate of drug-likeness (QED) is 0.853. The molecule has 25 heavy (non-hydrogen) atoms. The molecule has 5 heterocycles. The van der Waals surface area contributed by atoms with Gasteiger partial charge in [0.05, 0.1) is 6.20 Å². The Morgan fingerprint density at radius 2 is 2.16 bits per heavy atom. The number of hydrogen-bond donors (Lipinski definition) is 0. The van der Waals surface area contributed by atoms with Crippen LogP contribution in [-0.2, 0) is 18.3 Å². The normalized spacial score (nSPS) is 22.9. The molecule has 132 valence electrons. The minimum Gasteiger partial charge on any atom is -0.354 e. The number of aryl methyl sites for hydroxylation is 2. The van der Waals surface area contributed by atoms with Gasteiger partial charge in [0.15, 0.2) is 0 Å². The van der Waals surface area contributed by atoms with Crippen LogP contribution in [0.15, 0.2) is 36.9 Å². The molecule has 0 aromatic carbocycles. The van der Waals surface area contributed by atoms with Gasteiger partial charge in [-0.15, -0.1) is 0 Å². The molecule has 0 radical (unpaired) electrons. The number of piperidine rings is 1. The lowest BCUT2D eigenvalue weighted by atomic mass is 9.94. The molecule has 0 aliphatic carbocycles. The third-order valence-electron chi connectivity index (χ3n) is 5.55. The lowest BCUT2D eigenvalue weighted by molar-refractivity contribution is -0.135. The Bertz CT molecular complexity index is 728. The number of fused-ring (bicyclic) bond motifs is 4. The molecule has 3 aliphatic heterocycles. The summed E-state index contributed by atoms with van der Waals surface area (Å²) in [5.41, 5.74) is 1.22. The summed E-state index contributed by atoms with van der Waals surface area (Å²) in [7, 11) is 2.03. The summed E-state index contributed by atoms with van der Waals surface area (Å²) < 4.78 is 2.09. The molecular weight excluding hydrogens is 314 g/mol. The van der Waals surface area contributed by atoms with Crippen LogP contribution in [0.25, 0.3) is 0 Å². The number of rotatable bonds is 4. The first-order valence-corrected chi connectivity index (χ1v) is 9.11. The highest BCUT2D eigenvalue weighted by Crippen LogP contribution is 2.30. The maximum absolute atomic E-state index is 12.9. The van der Waals surface area contributed by atoms with Crippen molar-refractivity contribution in [3.05, 3.63) is 42.6 Å². The van der Waals surface area contributed by atoms with Gasteiger partial charge in [-0.05, 0) is 37.3 Å². The van der Waals surface area contributed by atoms with Crippen molar-refractivity contribution in [1.82, 2.24) is 19.4 Å². The SMILES string of the molecule is Cn1cccc1CCC(=O)N1C[C@H]2CC[C@@H]1CN(c1cnccn1)C2. The molecule has 5 rings (SSSR count). The monoisotopic (exact) mass is 339 g/mol. The Morgan fingerprint density at radius 3 is 2.92 bits per heavy atom. The summed E-state index contributed by atoms with van der Waals surface area (Å²) in [4.78, 5) is 25.9. The van der Waals surface area contributed by atoms with Crippen molar-refractivity contribution in [2.24, 2.45) is 13.0 Å². The number of hydrogen-bond acceptors (Lipinski definition) is 4. The molecule has 1 amide bonds. The van der Waals surface area contributed by atoms with E-state index < -0.39 is 0 Å². The average Bonchev–Trinajstić information content (AvgIpc) is 2.85. The van der Waals surface area contributed by atoms with E-state index in [1.807, 2.05) is 25.5 Å². The molecule has 3 aliphatic rings. The van der Waals surface area contributed by atoms with Gasteiger partial charge in [-0.3, -0.25) is 9.78 Å². The maximum atomic E-state index is 12.9. The zero-order valence-electron chi connectivity index (χ0n) is 14.7. The largest absolute Gasteiger partial charge is 0.354 e. The third-order valence-corrected chi connectivity index (χ3v) is 5.55. The number of anilines is 1.